The predicted octanol–water partition coefficient (Wildman–Crippen LogP) is 4.55. The van der Waals surface area contributed by atoms with Crippen molar-refractivity contribution >= 4 is 28.1 Å². The van der Waals surface area contributed by atoms with Crippen LogP contribution in [0.25, 0.3) is 10.9 Å². The molecule has 0 N–H and O–H groups in total. The summed E-state index contributed by atoms with van der Waals surface area (Å²) in [6, 6.07) is 20.1. The maximum absolute atomic E-state index is 12.8. The van der Waals surface area contributed by atoms with E-state index in [9.17, 15) is 4.79 Å². The van der Waals surface area contributed by atoms with Crippen LogP contribution in [0.3, 0.4) is 0 Å². The molecule has 0 atom stereocenters. The molecule has 0 aliphatic carbocycles. The molecule has 4 rings (SSSR count). The number of benzene rings is 2. The van der Waals surface area contributed by atoms with Crippen LogP contribution in [0, 0.1) is 0 Å². The van der Waals surface area contributed by atoms with Crippen LogP contribution in [0.2, 0.25) is 0 Å². The Morgan fingerprint density at radius 2 is 1.81 bits per heavy atom. The van der Waals surface area contributed by atoms with Crippen molar-refractivity contribution in [3.05, 3.63) is 94.1 Å². The van der Waals surface area contributed by atoms with Gasteiger partial charge >= 0.3 is 0 Å². The Morgan fingerprint density at radius 3 is 2.67 bits per heavy atom. The number of rotatable bonds is 5. The molecule has 1 amide bonds. The fourth-order valence-electron chi connectivity index (χ4n) is 3.08. The van der Waals surface area contributed by atoms with Crippen LogP contribution in [-0.2, 0) is 13.0 Å². The third-order valence-corrected chi connectivity index (χ3v) is 5.31. The van der Waals surface area contributed by atoms with Crippen molar-refractivity contribution in [2.24, 2.45) is 0 Å². The van der Waals surface area contributed by atoms with Crippen molar-refractivity contribution in [1.29, 1.82) is 0 Å². The van der Waals surface area contributed by atoms with E-state index in [0.717, 1.165) is 27.9 Å². The molecule has 5 heteroatoms. The van der Waals surface area contributed by atoms with E-state index < -0.39 is 0 Å². The molecule has 0 aliphatic rings. The van der Waals surface area contributed by atoms with E-state index in [1.54, 1.807) is 11.1 Å². The number of fused-ring (bicyclic) bond motifs is 1. The Kier molecular flexibility index (Phi) is 4.94. The summed E-state index contributed by atoms with van der Waals surface area (Å²) in [5.74, 6) is -0.0635. The lowest BCUT2D eigenvalue weighted by Crippen LogP contribution is -2.26. The van der Waals surface area contributed by atoms with E-state index in [1.807, 2.05) is 61.0 Å². The fraction of sp³-hybridized carbons (Fsp3) is 0.136. The molecule has 0 saturated heterocycles. The number of thiazole rings is 1. The van der Waals surface area contributed by atoms with Crippen LogP contribution >= 0.6 is 11.3 Å². The van der Waals surface area contributed by atoms with Gasteiger partial charge in [0.2, 0.25) is 0 Å². The van der Waals surface area contributed by atoms with Crippen LogP contribution < -0.4 is 0 Å². The monoisotopic (exact) mass is 373 g/mol. The highest BCUT2D eigenvalue weighted by Gasteiger charge is 2.17. The Hall–Kier alpha value is -3.05. The lowest BCUT2D eigenvalue weighted by atomic mass is 10.1. The highest BCUT2D eigenvalue weighted by Crippen LogP contribution is 2.20. The Labute approximate surface area is 162 Å². The second kappa shape index (κ2) is 7.68. The lowest BCUT2D eigenvalue weighted by Gasteiger charge is -2.17. The van der Waals surface area contributed by atoms with E-state index in [0.29, 0.717) is 12.2 Å². The quantitative estimate of drug-likeness (QED) is 0.515. The molecule has 0 spiro atoms. The first-order valence-electron chi connectivity index (χ1n) is 8.77. The molecule has 134 valence electrons. The topological polar surface area (TPSA) is 46.1 Å². The second-order valence-corrected chi connectivity index (χ2v) is 7.38. The van der Waals surface area contributed by atoms with Gasteiger partial charge in [-0.2, -0.15) is 0 Å². The predicted molar refractivity (Wildman–Crippen MR) is 109 cm³/mol. The van der Waals surface area contributed by atoms with Crippen molar-refractivity contribution in [2.75, 3.05) is 7.05 Å². The summed E-state index contributed by atoms with van der Waals surface area (Å²) in [6.07, 6.45) is 2.54. The average molecular weight is 373 g/mol. The molecule has 0 fully saturated rings. The molecule has 0 unspecified atom stereocenters. The fourth-order valence-corrected chi connectivity index (χ4v) is 3.88. The van der Waals surface area contributed by atoms with Gasteiger partial charge < -0.3 is 4.90 Å². The van der Waals surface area contributed by atoms with Crippen LogP contribution in [0.15, 0.2) is 72.2 Å². The van der Waals surface area contributed by atoms with Crippen molar-refractivity contribution in [2.45, 2.75) is 13.0 Å². The molecule has 2 aromatic heterocycles. The van der Waals surface area contributed by atoms with E-state index in [1.165, 1.54) is 16.9 Å². The van der Waals surface area contributed by atoms with Gasteiger partial charge in [-0.15, -0.1) is 11.3 Å². The SMILES string of the molecule is CN(Cc1ccnc2ccccc12)C(=O)c1csc(Cc2ccccc2)n1. The molecule has 0 aliphatic heterocycles. The van der Waals surface area contributed by atoms with Gasteiger partial charge in [0, 0.05) is 37.0 Å². The third-order valence-electron chi connectivity index (χ3n) is 4.46. The maximum atomic E-state index is 12.8. The first-order valence-corrected chi connectivity index (χ1v) is 9.65. The summed E-state index contributed by atoms with van der Waals surface area (Å²) >= 11 is 1.53. The summed E-state index contributed by atoms with van der Waals surface area (Å²) in [6.45, 7) is 0.521. The van der Waals surface area contributed by atoms with Crippen molar-refractivity contribution < 1.29 is 4.79 Å². The van der Waals surface area contributed by atoms with Crippen LogP contribution in [0.5, 0.6) is 0 Å². The van der Waals surface area contributed by atoms with E-state index >= 15 is 0 Å². The van der Waals surface area contributed by atoms with Crippen molar-refractivity contribution in [1.82, 2.24) is 14.9 Å². The van der Waals surface area contributed by atoms with Crippen LogP contribution in [-0.4, -0.2) is 27.8 Å². The normalized spacial score (nSPS) is 10.9. The number of pyridine rings is 1. The van der Waals surface area contributed by atoms with E-state index in [4.69, 9.17) is 0 Å². The molecular weight excluding hydrogens is 354 g/mol. The zero-order valence-electron chi connectivity index (χ0n) is 15.0. The smallest absolute Gasteiger partial charge is 0.273 e. The van der Waals surface area contributed by atoms with Gasteiger partial charge in [0.15, 0.2) is 0 Å². The first kappa shape index (κ1) is 17.4. The molecular formula is C22H19N3OS. The third kappa shape index (κ3) is 3.88. The first-order chi connectivity index (χ1) is 13.2. The summed E-state index contributed by atoms with van der Waals surface area (Å²) in [5.41, 5.74) is 3.72. The number of hydrogen-bond donors (Lipinski definition) is 0. The highest BCUT2D eigenvalue weighted by molar-refractivity contribution is 7.09. The number of carbonyl (C=O) groups excluding carboxylic acids is 1. The molecule has 0 radical (unpaired) electrons. The highest BCUT2D eigenvalue weighted by atomic mass is 32.1. The van der Waals surface area contributed by atoms with Gasteiger partial charge in [-0.3, -0.25) is 9.78 Å². The second-order valence-electron chi connectivity index (χ2n) is 6.44. The number of carbonyl (C=O) groups is 1. The number of nitrogens with zero attached hydrogens (tertiary/aromatic N) is 3. The number of para-hydroxylation sites is 1. The summed E-state index contributed by atoms with van der Waals surface area (Å²) < 4.78 is 0. The van der Waals surface area contributed by atoms with E-state index in [-0.39, 0.29) is 5.91 Å². The van der Waals surface area contributed by atoms with Gasteiger partial charge in [-0.1, -0.05) is 48.5 Å². The Balaban J connectivity index is 1.49. The number of aromatic nitrogens is 2. The molecule has 4 aromatic rings. The molecule has 2 aromatic carbocycles. The van der Waals surface area contributed by atoms with Gasteiger partial charge in [-0.25, -0.2) is 4.98 Å². The maximum Gasteiger partial charge on any atom is 0.273 e. The largest absolute Gasteiger partial charge is 0.336 e. The molecule has 0 saturated carbocycles. The summed E-state index contributed by atoms with van der Waals surface area (Å²) in [5, 5.41) is 3.87. The minimum Gasteiger partial charge on any atom is -0.336 e. The molecule has 27 heavy (non-hydrogen) atoms. The van der Waals surface area contributed by atoms with Gasteiger partial charge in [0.1, 0.15) is 5.69 Å². The standard InChI is InChI=1S/C22H19N3OS/c1-25(14-17-11-12-23-19-10-6-5-9-18(17)19)22(26)20-15-27-21(24-20)13-16-7-3-2-4-8-16/h2-12,15H,13-14H2,1H3. The minimum absolute atomic E-state index is 0.0635. The summed E-state index contributed by atoms with van der Waals surface area (Å²) in [7, 11) is 1.81. The lowest BCUT2D eigenvalue weighted by molar-refractivity contribution is 0.0780. The van der Waals surface area contributed by atoms with Crippen molar-refractivity contribution in [3.63, 3.8) is 0 Å². The zero-order chi connectivity index (χ0) is 18.6. The zero-order valence-corrected chi connectivity index (χ0v) is 15.8. The Morgan fingerprint density at radius 1 is 1.04 bits per heavy atom. The summed E-state index contributed by atoms with van der Waals surface area (Å²) in [4.78, 5) is 23.4. The van der Waals surface area contributed by atoms with Crippen molar-refractivity contribution in [3.8, 4) is 0 Å². The van der Waals surface area contributed by atoms with E-state index in [2.05, 4.69) is 22.1 Å². The minimum atomic E-state index is -0.0635. The molecule has 0 bridgehead atoms. The Bertz CT molecular complexity index is 1070. The van der Waals surface area contributed by atoms with Gasteiger partial charge in [0.05, 0.1) is 10.5 Å². The number of amides is 1. The molecule has 4 nitrogen and oxygen atoms in total. The van der Waals surface area contributed by atoms with Gasteiger partial charge in [-0.05, 0) is 23.3 Å². The molecule has 2 heterocycles. The van der Waals surface area contributed by atoms with Gasteiger partial charge in [0.25, 0.3) is 5.91 Å². The van der Waals surface area contributed by atoms with Crippen LogP contribution in [0.1, 0.15) is 26.6 Å². The average Bonchev–Trinajstić information content (AvgIpc) is 3.17. The van der Waals surface area contributed by atoms with Crippen LogP contribution in [0.4, 0.5) is 0 Å². The number of hydrogen-bond acceptors (Lipinski definition) is 4.